The van der Waals surface area contributed by atoms with E-state index in [2.05, 4.69) is 30.1 Å². The van der Waals surface area contributed by atoms with Crippen LogP contribution in [-0.4, -0.2) is 38.6 Å². The van der Waals surface area contributed by atoms with Crippen LogP contribution < -0.4 is 11.1 Å². The summed E-state index contributed by atoms with van der Waals surface area (Å²) in [6, 6.07) is 3.02. The van der Waals surface area contributed by atoms with E-state index >= 15 is 0 Å². The van der Waals surface area contributed by atoms with Gasteiger partial charge < -0.3 is 20.8 Å². The Kier molecular flexibility index (Phi) is 4.22. The topological polar surface area (TPSA) is 140 Å². The zero-order valence-electron chi connectivity index (χ0n) is 10.4. The van der Waals surface area contributed by atoms with Crippen molar-refractivity contribution in [3.05, 3.63) is 41.8 Å². The monoisotopic (exact) mass is 276 g/mol. The third-order valence-corrected chi connectivity index (χ3v) is 2.44. The fraction of sp³-hybridized carbons (Fsp3) is 0.182. The van der Waals surface area contributed by atoms with Crippen molar-refractivity contribution in [2.45, 2.75) is 6.42 Å². The lowest BCUT2D eigenvalue weighted by Crippen LogP contribution is -2.27. The van der Waals surface area contributed by atoms with Gasteiger partial charge in [0.15, 0.2) is 11.7 Å². The van der Waals surface area contributed by atoms with Crippen LogP contribution in [0.15, 0.2) is 34.4 Å². The molecular formula is C11H12N6O3. The van der Waals surface area contributed by atoms with Crippen molar-refractivity contribution in [3.8, 4) is 0 Å². The molecule has 0 aromatic carbocycles. The summed E-state index contributed by atoms with van der Waals surface area (Å²) in [5.41, 5.74) is 6.05. The first-order valence-electron chi connectivity index (χ1n) is 5.68. The molecule has 0 fully saturated rings. The zero-order valence-corrected chi connectivity index (χ0v) is 10.4. The van der Waals surface area contributed by atoms with Crippen LogP contribution in [0.3, 0.4) is 0 Å². The zero-order chi connectivity index (χ0) is 14.4. The number of amidine groups is 1. The highest BCUT2D eigenvalue weighted by Gasteiger charge is 2.08. The lowest BCUT2D eigenvalue weighted by molar-refractivity contribution is 0.0949. The van der Waals surface area contributed by atoms with Crippen LogP contribution >= 0.6 is 0 Å². The van der Waals surface area contributed by atoms with E-state index in [1.807, 2.05) is 0 Å². The van der Waals surface area contributed by atoms with Crippen LogP contribution in [0, 0.1) is 0 Å². The molecule has 1 amide bonds. The normalized spacial score (nSPS) is 11.3. The molecule has 0 aliphatic carbocycles. The minimum absolute atomic E-state index is 0.0680. The number of nitrogens with zero attached hydrogens (tertiary/aromatic N) is 4. The third kappa shape index (κ3) is 3.28. The van der Waals surface area contributed by atoms with E-state index in [1.165, 1.54) is 24.7 Å². The van der Waals surface area contributed by atoms with Crippen molar-refractivity contribution < 1.29 is 14.5 Å². The van der Waals surface area contributed by atoms with Gasteiger partial charge >= 0.3 is 0 Å². The van der Waals surface area contributed by atoms with E-state index in [0.29, 0.717) is 24.4 Å². The number of amides is 1. The number of rotatable bonds is 5. The summed E-state index contributed by atoms with van der Waals surface area (Å²) < 4.78 is 4.57. The van der Waals surface area contributed by atoms with Crippen LogP contribution in [0.25, 0.3) is 0 Å². The summed E-state index contributed by atoms with van der Waals surface area (Å²) in [5, 5.41) is 17.6. The molecule has 104 valence electrons. The van der Waals surface area contributed by atoms with Gasteiger partial charge in [-0.3, -0.25) is 9.78 Å². The molecule has 0 saturated carbocycles. The van der Waals surface area contributed by atoms with Crippen molar-refractivity contribution in [1.82, 2.24) is 20.4 Å². The molecule has 4 N–H and O–H groups in total. The van der Waals surface area contributed by atoms with E-state index in [0.717, 1.165) is 0 Å². The van der Waals surface area contributed by atoms with Gasteiger partial charge in [-0.2, -0.15) is 4.98 Å². The Hall–Kier alpha value is -2.97. The number of nitrogens with two attached hydrogens (primary N) is 1. The number of hydrogen-bond donors (Lipinski definition) is 3. The molecule has 0 bridgehead atoms. The fourth-order valence-electron chi connectivity index (χ4n) is 1.42. The molecule has 2 aromatic heterocycles. The molecule has 2 heterocycles. The van der Waals surface area contributed by atoms with Crippen LogP contribution in [-0.2, 0) is 6.42 Å². The second-order valence-corrected chi connectivity index (χ2v) is 3.77. The van der Waals surface area contributed by atoms with E-state index in [9.17, 15) is 4.79 Å². The maximum Gasteiger partial charge on any atom is 0.269 e. The van der Waals surface area contributed by atoms with E-state index in [1.54, 1.807) is 0 Å². The predicted molar refractivity (Wildman–Crippen MR) is 67.1 cm³/mol. The maximum atomic E-state index is 11.8. The lowest BCUT2D eigenvalue weighted by Gasteiger charge is -2.03. The van der Waals surface area contributed by atoms with Crippen LogP contribution in [0.1, 0.15) is 21.9 Å². The Bertz CT molecular complexity index is 593. The molecule has 9 nitrogen and oxygen atoms in total. The second kappa shape index (κ2) is 6.27. The average Bonchev–Trinajstić information content (AvgIpc) is 2.99. The SMILES string of the molecule is N/C(=N/O)c1ccc(C(=O)NCCc2ncon2)nc1. The number of aromatic nitrogens is 3. The van der Waals surface area contributed by atoms with Crippen molar-refractivity contribution in [2.24, 2.45) is 10.9 Å². The Labute approximate surface area is 113 Å². The van der Waals surface area contributed by atoms with Crippen molar-refractivity contribution in [1.29, 1.82) is 0 Å². The van der Waals surface area contributed by atoms with Crippen LogP contribution in [0.2, 0.25) is 0 Å². The second-order valence-electron chi connectivity index (χ2n) is 3.77. The molecule has 0 aliphatic rings. The van der Waals surface area contributed by atoms with Crippen molar-refractivity contribution in [2.75, 3.05) is 6.54 Å². The van der Waals surface area contributed by atoms with Gasteiger partial charge in [-0.05, 0) is 12.1 Å². The standard InChI is InChI=1S/C11H12N6O3/c12-10(16-19)7-1-2-8(14-5-7)11(18)13-4-3-9-15-6-20-17-9/h1-2,5-6,19H,3-4H2,(H2,12,16)(H,13,18). The number of hydrogen-bond acceptors (Lipinski definition) is 7. The highest BCUT2D eigenvalue weighted by Crippen LogP contribution is 2.00. The van der Waals surface area contributed by atoms with E-state index in [4.69, 9.17) is 10.9 Å². The number of carbonyl (C=O) groups is 1. The summed E-state index contributed by atoms with van der Waals surface area (Å²) in [6.45, 7) is 0.363. The highest BCUT2D eigenvalue weighted by atomic mass is 16.5. The first-order chi connectivity index (χ1) is 9.70. The van der Waals surface area contributed by atoms with Gasteiger partial charge in [0.1, 0.15) is 5.69 Å². The summed E-state index contributed by atoms with van der Waals surface area (Å²) in [5.74, 6) is 0.113. The maximum absolute atomic E-state index is 11.8. The quantitative estimate of drug-likeness (QED) is 0.290. The number of pyridine rings is 1. The van der Waals surface area contributed by atoms with Crippen LogP contribution in [0.5, 0.6) is 0 Å². The molecule has 9 heteroatoms. The summed E-state index contributed by atoms with van der Waals surface area (Å²) in [4.78, 5) is 19.5. The lowest BCUT2D eigenvalue weighted by atomic mass is 10.2. The minimum atomic E-state index is -0.334. The minimum Gasteiger partial charge on any atom is -0.409 e. The summed E-state index contributed by atoms with van der Waals surface area (Å²) in [6.07, 6.45) is 3.04. The highest BCUT2D eigenvalue weighted by molar-refractivity contribution is 5.98. The molecule has 0 atom stereocenters. The van der Waals surface area contributed by atoms with Crippen molar-refractivity contribution in [3.63, 3.8) is 0 Å². The van der Waals surface area contributed by atoms with Gasteiger partial charge in [0.05, 0.1) is 0 Å². The van der Waals surface area contributed by atoms with Gasteiger partial charge in [0.25, 0.3) is 5.91 Å². The average molecular weight is 276 g/mol. The first-order valence-corrected chi connectivity index (χ1v) is 5.68. The number of nitrogens with one attached hydrogen (secondary N) is 1. The van der Waals surface area contributed by atoms with Gasteiger partial charge in [0, 0.05) is 24.7 Å². The number of oxime groups is 1. The molecule has 2 aromatic rings. The Morgan fingerprint density at radius 2 is 2.30 bits per heavy atom. The summed E-state index contributed by atoms with van der Waals surface area (Å²) in [7, 11) is 0. The molecule has 0 unspecified atom stereocenters. The van der Waals surface area contributed by atoms with E-state index in [-0.39, 0.29) is 17.4 Å². The van der Waals surface area contributed by atoms with Gasteiger partial charge in [0.2, 0.25) is 6.39 Å². The Morgan fingerprint density at radius 1 is 1.45 bits per heavy atom. The smallest absolute Gasteiger partial charge is 0.269 e. The molecular weight excluding hydrogens is 264 g/mol. The molecule has 2 rings (SSSR count). The van der Waals surface area contributed by atoms with E-state index < -0.39 is 0 Å². The fourth-order valence-corrected chi connectivity index (χ4v) is 1.42. The Balaban J connectivity index is 1.89. The molecule has 0 spiro atoms. The molecule has 0 radical (unpaired) electrons. The molecule has 0 saturated heterocycles. The molecule has 20 heavy (non-hydrogen) atoms. The largest absolute Gasteiger partial charge is 0.409 e. The molecule has 0 aliphatic heterocycles. The predicted octanol–water partition coefficient (Wildman–Crippen LogP) is -0.468. The van der Waals surface area contributed by atoms with Gasteiger partial charge in [-0.25, -0.2) is 0 Å². The summed E-state index contributed by atoms with van der Waals surface area (Å²) >= 11 is 0. The third-order valence-electron chi connectivity index (χ3n) is 2.44. The van der Waals surface area contributed by atoms with Crippen LogP contribution in [0.4, 0.5) is 0 Å². The Morgan fingerprint density at radius 3 is 2.90 bits per heavy atom. The first kappa shape index (κ1) is 13.5. The number of carbonyl (C=O) groups excluding carboxylic acids is 1. The van der Waals surface area contributed by atoms with Gasteiger partial charge in [-0.1, -0.05) is 10.3 Å². The van der Waals surface area contributed by atoms with Gasteiger partial charge in [-0.15, -0.1) is 0 Å². The van der Waals surface area contributed by atoms with Crippen molar-refractivity contribution >= 4 is 11.7 Å².